The molecule has 0 amide bonds. The van der Waals surface area contributed by atoms with Crippen molar-refractivity contribution in [3.8, 4) is 16.3 Å². The average molecular weight is 311 g/mol. The van der Waals surface area contributed by atoms with Crippen LogP contribution in [0.3, 0.4) is 0 Å². The van der Waals surface area contributed by atoms with E-state index < -0.39 is 11.2 Å². The minimum absolute atomic E-state index is 0.0532. The molecule has 3 aromatic rings. The smallest absolute Gasteiger partial charge is 0.399 e. The number of alkyl halides is 3. The highest BCUT2D eigenvalue weighted by Crippen LogP contribution is 2.32. The van der Waals surface area contributed by atoms with E-state index in [9.17, 15) is 13.2 Å². The first-order chi connectivity index (χ1) is 9.93. The van der Waals surface area contributed by atoms with Crippen LogP contribution >= 0.6 is 11.3 Å². The Morgan fingerprint density at radius 1 is 1.14 bits per heavy atom. The van der Waals surface area contributed by atoms with Crippen molar-refractivity contribution in [1.29, 1.82) is 0 Å². The maximum absolute atomic E-state index is 12.5. The molecule has 1 aromatic carbocycles. The molecule has 21 heavy (non-hydrogen) atoms. The Kier molecular flexibility index (Phi) is 3.13. The van der Waals surface area contributed by atoms with Gasteiger partial charge in [0.25, 0.3) is 0 Å². The molecule has 0 bridgehead atoms. The van der Waals surface area contributed by atoms with E-state index in [-0.39, 0.29) is 5.13 Å². The zero-order chi connectivity index (χ0) is 15.0. The van der Waals surface area contributed by atoms with E-state index in [1.807, 2.05) is 6.07 Å². The molecule has 2 N–H and O–H groups in total. The molecule has 0 radical (unpaired) electrons. The standard InChI is InChI=1S/C12H8F3N5S/c13-12(14,15)10-18-19-11(21-10)20-6-8(5-17-20)7-2-1-3-9(16)4-7/h1-6H,16H2. The molecule has 0 atom stereocenters. The maximum Gasteiger partial charge on any atom is 0.445 e. The maximum atomic E-state index is 12.5. The molecule has 3 rings (SSSR count). The lowest BCUT2D eigenvalue weighted by Crippen LogP contribution is -2.03. The Hall–Kier alpha value is -2.42. The first kappa shape index (κ1) is 13.6. The van der Waals surface area contributed by atoms with Crippen molar-refractivity contribution in [3.63, 3.8) is 0 Å². The quantitative estimate of drug-likeness (QED) is 0.739. The molecule has 0 fully saturated rings. The van der Waals surface area contributed by atoms with E-state index in [4.69, 9.17) is 5.73 Å². The fraction of sp³-hybridized carbons (Fsp3) is 0.0833. The molecular weight excluding hydrogens is 303 g/mol. The van der Waals surface area contributed by atoms with Gasteiger partial charge in [0.05, 0.1) is 6.20 Å². The second-order valence-corrected chi connectivity index (χ2v) is 5.14. The summed E-state index contributed by atoms with van der Waals surface area (Å²) in [7, 11) is 0. The van der Waals surface area contributed by atoms with Crippen LogP contribution in [-0.2, 0) is 6.18 Å². The predicted molar refractivity (Wildman–Crippen MR) is 71.9 cm³/mol. The molecule has 0 saturated carbocycles. The molecule has 0 aliphatic heterocycles. The summed E-state index contributed by atoms with van der Waals surface area (Å²) in [4.78, 5) is 0. The van der Waals surface area contributed by atoms with Crippen molar-refractivity contribution in [2.45, 2.75) is 6.18 Å². The molecule has 0 unspecified atom stereocenters. The first-order valence-corrected chi connectivity index (χ1v) is 6.57. The van der Waals surface area contributed by atoms with Crippen LogP contribution in [0.2, 0.25) is 0 Å². The zero-order valence-electron chi connectivity index (χ0n) is 10.4. The summed E-state index contributed by atoms with van der Waals surface area (Å²) in [6.45, 7) is 0. The lowest BCUT2D eigenvalue weighted by molar-refractivity contribution is -0.138. The average Bonchev–Trinajstić information content (AvgIpc) is 3.07. The Labute approximate surface area is 120 Å². The van der Waals surface area contributed by atoms with Crippen molar-refractivity contribution < 1.29 is 13.2 Å². The summed E-state index contributed by atoms with van der Waals surface area (Å²) in [5, 5.41) is 9.68. The second kappa shape index (κ2) is 4.85. The number of nitrogen functional groups attached to an aromatic ring is 1. The largest absolute Gasteiger partial charge is 0.445 e. The monoisotopic (exact) mass is 311 g/mol. The van der Waals surface area contributed by atoms with Gasteiger partial charge in [-0.15, -0.1) is 10.2 Å². The van der Waals surface area contributed by atoms with E-state index >= 15 is 0 Å². The van der Waals surface area contributed by atoms with Gasteiger partial charge >= 0.3 is 6.18 Å². The number of anilines is 1. The van der Waals surface area contributed by atoms with Crippen LogP contribution in [0.4, 0.5) is 18.9 Å². The molecule has 2 heterocycles. The molecule has 9 heteroatoms. The molecule has 0 saturated heterocycles. The van der Waals surface area contributed by atoms with Crippen LogP contribution in [0, 0.1) is 0 Å². The Bertz CT molecular complexity index is 777. The molecule has 0 aliphatic carbocycles. The van der Waals surface area contributed by atoms with Gasteiger partial charge in [-0.2, -0.15) is 18.3 Å². The van der Waals surface area contributed by atoms with Gasteiger partial charge in [-0.05, 0) is 17.7 Å². The van der Waals surface area contributed by atoms with Crippen LogP contribution < -0.4 is 5.73 Å². The van der Waals surface area contributed by atoms with Gasteiger partial charge in [-0.25, -0.2) is 4.68 Å². The highest BCUT2D eigenvalue weighted by Gasteiger charge is 2.35. The predicted octanol–water partition coefficient (Wildman–Crippen LogP) is 2.99. The van der Waals surface area contributed by atoms with Gasteiger partial charge in [-0.1, -0.05) is 23.5 Å². The molecular formula is C12H8F3N5S. The van der Waals surface area contributed by atoms with Gasteiger partial charge in [0.15, 0.2) is 0 Å². The van der Waals surface area contributed by atoms with Crippen LogP contribution in [0.1, 0.15) is 5.01 Å². The van der Waals surface area contributed by atoms with Gasteiger partial charge in [0.2, 0.25) is 10.1 Å². The second-order valence-electron chi connectivity index (χ2n) is 4.19. The highest BCUT2D eigenvalue weighted by molar-refractivity contribution is 7.13. The fourth-order valence-electron chi connectivity index (χ4n) is 1.72. The third-order valence-corrected chi connectivity index (χ3v) is 3.61. The van der Waals surface area contributed by atoms with E-state index in [0.29, 0.717) is 17.0 Å². The number of hydrogen-bond donors (Lipinski definition) is 1. The summed E-state index contributed by atoms with van der Waals surface area (Å²) in [6.07, 6.45) is -1.39. The Morgan fingerprint density at radius 2 is 1.95 bits per heavy atom. The molecule has 5 nitrogen and oxygen atoms in total. The number of nitrogens with two attached hydrogens (primary N) is 1. The number of benzene rings is 1. The number of rotatable bonds is 2. The topological polar surface area (TPSA) is 69.6 Å². The van der Waals surface area contributed by atoms with Crippen molar-refractivity contribution in [2.75, 3.05) is 5.73 Å². The van der Waals surface area contributed by atoms with Crippen molar-refractivity contribution in [2.24, 2.45) is 0 Å². The van der Waals surface area contributed by atoms with Gasteiger partial charge in [-0.3, -0.25) is 0 Å². The summed E-state index contributed by atoms with van der Waals surface area (Å²) in [5.41, 5.74) is 7.83. The van der Waals surface area contributed by atoms with E-state index in [2.05, 4.69) is 15.3 Å². The number of nitrogens with zero attached hydrogens (tertiary/aromatic N) is 4. The van der Waals surface area contributed by atoms with Crippen LogP contribution in [-0.4, -0.2) is 20.0 Å². The van der Waals surface area contributed by atoms with E-state index in [0.717, 1.165) is 11.1 Å². The number of hydrogen-bond acceptors (Lipinski definition) is 5. The third-order valence-electron chi connectivity index (χ3n) is 2.66. The van der Waals surface area contributed by atoms with Gasteiger partial charge in [0, 0.05) is 17.4 Å². The molecule has 2 aromatic heterocycles. The van der Waals surface area contributed by atoms with Crippen molar-refractivity contribution >= 4 is 17.0 Å². The normalized spacial score (nSPS) is 11.8. The van der Waals surface area contributed by atoms with Crippen LogP contribution in [0.25, 0.3) is 16.3 Å². The van der Waals surface area contributed by atoms with Crippen molar-refractivity contribution in [1.82, 2.24) is 20.0 Å². The summed E-state index contributed by atoms with van der Waals surface area (Å²) in [5.74, 6) is 0. The first-order valence-electron chi connectivity index (χ1n) is 5.75. The molecule has 108 valence electrons. The van der Waals surface area contributed by atoms with Crippen LogP contribution in [0.15, 0.2) is 36.7 Å². The van der Waals surface area contributed by atoms with Crippen molar-refractivity contribution in [3.05, 3.63) is 41.7 Å². The Morgan fingerprint density at radius 3 is 2.62 bits per heavy atom. The molecule has 0 aliphatic rings. The molecule has 0 spiro atoms. The lowest BCUT2D eigenvalue weighted by atomic mass is 10.1. The summed E-state index contributed by atoms with van der Waals surface area (Å²) in [6, 6.07) is 7.12. The van der Waals surface area contributed by atoms with E-state index in [1.54, 1.807) is 24.4 Å². The summed E-state index contributed by atoms with van der Waals surface area (Å²) < 4.78 is 38.7. The minimum Gasteiger partial charge on any atom is -0.399 e. The summed E-state index contributed by atoms with van der Waals surface area (Å²) >= 11 is 0.433. The highest BCUT2D eigenvalue weighted by atomic mass is 32.1. The number of aromatic nitrogens is 4. The minimum atomic E-state index is -4.50. The number of halogens is 3. The lowest BCUT2D eigenvalue weighted by Gasteiger charge is -1.98. The Balaban J connectivity index is 1.93. The van der Waals surface area contributed by atoms with Gasteiger partial charge < -0.3 is 5.73 Å². The SMILES string of the molecule is Nc1cccc(-c2cnn(-c3nnc(C(F)(F)F)s3)c2)c1. The third kappa shape index (κ3) is 2.72. The van der Waals surface area contributed by atoms with E-state index in [1.165, 1.54) is 10.9 Å². The van der Waals surface area contributed by atoms with Crippen LogP contribution in [0.5, 0.6) is 0 Å². The zero-order valence-corrected chi connectivity index (χ0v) is 11.2. The fourth-order valence-corrected chi connectivity index (χ4v) is 2.36. The van der Waals surface area contributed by atoms with Gasteiger partial charge in [0.1, 0.15) is 0 Å².